The van der Waals surface area contributed by atoms with E-state index in [1.54, 1.807) is 17.0 Å². The summed E-state index contributed by atoms with van der Waals surface area (Å²) >= 11 is 7.29. The zero-order valence-electron chi connectivity index (χ0n) is 24.6. The minimum absolute atomic E-state index is 0.0451. The monoisotopic (exact) mass is 646 g/mol. The maximum atomic E-state index is 13.9. The highest BCUT2D eigenvalue weighted by Gasteiger charge is 2.41. The van der Waals surface area contributed by atoms with Crippen molar-refractivity contribution in [2.75, 3.05) is 13.1 Å². The summed E-state index contributed by atoms with van der Waals surface area (Å²) in [6.45, 7) is 0.853. The third-order valence-corrected chi connectivity index (χ3v) is 8.87. The van der Waals surface area contributed by atoms with E-state index in [9.17, 15) is 14.4 Å². The first kappa shape index (κ1) is 32.1. The van der Waals surface area contributed by atoms with Crippen LogP contribution in [0.2, 0.25) is 5.02 Å². The van der Waals surface area contributed by atoms with Gasteiger partial charge < -0.3 is 26.4 Å². The largest absolute Gasteiger partial charge is 0.372 e. The summed E-state index contributed by atoms with van der Waals surface area (Å²) in [5.41, 5.74) is 13.4. The van der Waals surface area contributed by atoms with Crippen LogP contribution in [-0.2, 0) is 27.4 Å². The topological polar surface area (TPSA) is 153 Å². The number of thiazole rings is 1. The molecule has 1 unspecified atom stereocenters. The second-order valence-corrected chi connectivity index (χ2v) is 12.3. The second-order valence-electron chi connectivity index (χ2n) is 10.9. The summed E-state index contributed by atoms with van der Waals surface area (Å²) in [7, 11) is 0. The Morgan fingerprint density at radius 3 is 2.49 bits per heavy atom. The molecule has 0 radical (unpaired) electrons. The van der Waals surface area contributed by atoms with Crippen LogP contribution in [-0.4, -0.2) is 64.7 Å². The van der Waals surface area contributed by atoms with Gasteiger partial charge >= 0.3 is 0 Å². The molecule has 0 bridgehead atoms. The van der Waals surface area contributed by atoms with Crippen LogP contribution in [0, 0.1) is 0 Å². The summed E-state index contributed by atoms with van der Waals surface area (Å²) in [4.78, 5) is 51.3. The van der Waals surface area contributed by atoms with Gasteiger partial charge in [-0.1, -0.05) is 66.2 Å². The first-order valence-electron chi connectivity index (χ1n) is 14.7. The average molecular weight is 647 g/mol. The molecule has 0 aliphatic carbocycles. The lowest BCUT2D eigenvalue weighted by Gasteiger charge is -2.26. The lowest BCUT2D eigenvalue weighted by Crippen LogP contribution is -2.51. The smallest absolute Gasteiger partial charge is 0.243 e. The Hall–Kier alpha value is -4.32. The van der Waals surface area contributed by atoms with Gasteiger partial charge in [0, 0.05) is 24.5 Å². The number of fused-ring (bicyclic) bond motifs is 1. The number of hydrogen-bond acceptors (Lipinski definition) is 7. The van der Waals surface area contributed by atoms with Crippen LogP contribution in [0.25, 0.3) is 10.2 Å². The minimum atomic E-state index is -0.882. The van der Waals surface area contributed by atoms with Gasteiger partial charge in [0.15, 0.2) is 11.0 Å². The highest BCUT2D eigenvalue weighted by molar-refractivity contribution is 7.20. The van der Waals surface area contributed by atoms with Crippen molar-refractivity contribution >= 4 is 56.7 Å². The van der Waals surface area contributed by atoms with Crippen molar-refractivity contribution in [3.05, 3.63) is 100 Å². The van der Waals surface area contributed by atoms with Crippen molar-refractivity contribution in [1.29, 1.82) is 0 Å². The van der Waals surface area contributed by atoms with Gasteiger partial charge in [-0.15, -0.1) is 11.3 Å². The number of rotatable bonds is 13. The number of carbonyl (C=O) groups is 3. The van der Waals surface area contributed by atoms with E-state index >= 15 is 0 Å². The van der Waals surface area contributed by atoms with Crippen LogP contribution in [0.1, 0.15) is 40.2 Å². The normalized spacial score (nSPS) is 16.8. The number of ether oxygens (including phenoxy) is 1. The van der Waals surface area contributed by atoms with Crippen molar-refractivity contribution in [2.45, 2.75) is 50.5 Å². The molecular formula is C33H35ClN6O4S. The number of benzene rings is 3. The van der Waals surface area contributed by atoms with Gasteiger partial charge in [0.1, 0.15) is 6.04 Å². The fraction of sp³-hybridized carbons (Fsp3) is 0.303. The number of guanidine groups is 1. The first-order chi connectivity index (χ1) is 21.8. The Labute approximate surface area is 270 Å². The molecule has 1 aliphatic rings. The van der Waals surface area contributed by atoms with Crippen LogP contribution in [0.3, 0.4) is 0 Å². The first-order valence-corrected chi connectivity index (χ1v) is 15.9. The molecule has 3 aromatic carbocycles. The number of ketones is 1. The Bertz CT molecular complexity index is 1630. The lowest BCUT2D eigenvalue weighted by molar-refractivity contribution is -0.138. The number of carbonyl (C=O) groups excluding carboxylic acids is 3. The number of aliphatic imine (C=N–C) groups is 1. The van der Waals surface area contributed by atoms with Gasteiger partial charge in [-0.25, -0.2) is 4.98 Å². The van der Waals surface area contributed by atoms with E-state index in [1.165, 1.54) is 11.3 Å². The average Bonchev–Trinajstić information content (AvgIpc) is 3.67. The molecule has 0 spiro atoms. The van der Waals surface area contributed by atoms with E-state index in [4.69, 9.17) is 27.8 Å². The van der Waals surface area contributed by atoms with Gasteiger partial charge in [0.05, 0.1) is 35.4 Å². The van der Waals surface area contributed by atoms with E-state index in [0.717, 1.165) is 15.8 Å². The Balaban J connectivity index is 1.34. The highest BCUT2D eigenvalue weighted by Crippen LogP contribution is 2.26. The van der Waals surface area contributed by atoms with Crippen LogP contribution < -0.4 is 16.8 Å². The number of aromatic nitrogens is 1. The second kappa shape index (κ2) is 15.1. The molecule has 1 aliphatic heterocycles. The summed E-state index contributed by atoms with van der Waals surface area (Å²) in [5, 5.41) is 3.87. The third-order valence-electron chi connectivity index (χ3n) is 7.57. The molecule has 234 valence electrons. The number of para-hydroxylation sites is 1. The molecular weight excluding hydrogens is 612 g/mol. The van der Waals surface area contributed by atoms with Crippen LogP contribution >= 0.6 is 22.9 Å². The zero-order valence-corrected chi connectivity index (χ0v) is 26.2. The third kappa shape index (κ3) is 8.65. The molecule has 2 heterocycles. The van der Waals surface area contributed by atoms with Crippen LogP contribution in [0.4, 0.5) is 0 Å². The molecule has 1 fully saturated rings. The predicted octanol–water partition coefficient (Wildman–Crippen LogP) is 4.10. The van der Waals surface area contributed by atoms with Crippen molar-refractivity contribution in [2.24, 2.45) is 16.5 Å². The fourth-order valence-corrected chi connectivity index (χ4v) is 6.36. The van der Waals surface area contributed by atoms with Gasteiger partial charge in [-0.3, -0.25) is 19.4 Å². The van der Waals surface area contributed by atoms with Crippen molar-refractivity contribution in [3.63, 3.8) is 0 Å². The van der Waals surface area contributed by atoms with Crippen molar-refractivity contribution in [3.8, 4) is 0 Å². The van der Waals surface area contributed by atoms with Gasteiger partial charge in [-0.2, -0.15) is 0 Å². The number of amides is 2. The maximum absolute atomic E-state index is 13.9. The molecule has 3 atom stereocenters. The summed E-state index contributed by atoms with van der Waals surface area (Å²) in [6.07, 6.45) is 0.792. The SMILES string of the molecule is NC(N)=NCCC[C@H](NC(=O)C1C[C@@H](OCc2ccc(Cl)cc2)CN1C(=O)Cc1ccccc1)C(=O)c1nc2ccccc2s1. The van der Waals surface area contributed by atoms with Crippen molar-refractivity contribution < 1.29 is 19.1 Å². The van der Waals surface area contributed by atoms with E-state index < -0.39 is 18.0 Å². The standard InChI is InChI=1S/C33H35ClN6O4S/c34-23-14-12-22(13-15-23)20-44-24-18-27(40(19-24)29(41)17-21-7-2-1-3-8-21)31(43)38-26(10-6-16-37-33(35)36)30(42)32-39-25-9-4-5-11-28(25)45-32/h1-5,7-9,11-15,24,26-27H,6,10,16-20H2,(H,38,43)(H4,35,36,37)/t24-,26+,27?/m1/s1. The summed E-state index contributed by atoms with van der Waals surface area (Å²) in [6, 6.07) is 22.5. The number of likely N-dealkylation sites (tertiary alicyclic amines) is 1. The fourth-order valence-electron chi connectivity index (χ4n) is 5.28. The minimum Gasteiger partial charge on any atom is -0.372 e. The molecule has 5 rings (SSSR count). The van der Waals surface area contributed by atoms with Crippen molar-refractivity contribution in [1.82, 2.24) is 15.2 Å². The van der Waals surface area contributed by atoms with E-state index in [2.05, 4.69) is 15.3 Å². The molecule has 4 aromatic rings. The number of halogens is 1. The molecule has 0 saturated carbocycles. The number of nitrogens with one attached hydrogen (secondary N) is 1. The predicted molar refractivity (Wildman–Crippen MR) is 176 cm³/mol. The van der Waals surface area contributed by atoms with Gasteiger partial charge in [0.25, 0.3) is 0 Å². The molecule has 1 aromatic heterocycles. The molecule has 10 nitrogen and oxygen atoms in total. The molecule has 5 N–H and O–H groups in total. The number of Topliss-reactive ketones (excluding diaryl/α,β-unsaturated/α-hetero) is 1. The van der Waals surface area contributed by atoms with Crippen LogP contribution in [0.5, 0.6) is 0 Å². The molecule has 45 heavy (non-hydrogen) atoms. The maximum Gasteiger partial charge on any atom is 0.243 e. The van der Waals surface area contributed by atoms with Gasteiger partial charge in [0.2, 0.25) is 17.6 Å². The summed E-state index contributed by atoms with van der Waals surface area (Å²) < 4.78 is 7.04. The Morgan fingerprint density at radius 1 is 1.02 bits per heavy atom. The van der Waals surface area contributed by atoms with Crippen LogP contribution in [0.15, 0.2) is 83.9 Å². The Morgan fingerprint density at radius 2 is 1.76 bits per heavy atom. The molecule has 12 heteroatoms. The van der Waals surface area contributed by atoms with E-state index in [0.29, 0.717) is 41.5 Å². The number of hydrogen-bond donors (Lipinski definition) is 3. The molecule has 2 amide bonds. The van der Waals surface area contributed by atoms with E-state index in [-0.39, 0.29) is 43.1 Å². The van der Waals surface area contributed by atoms with E-state index in [1.807, 2.05) is 66.7 Å². The highest BCUT2D eigenvalue weighted by atomic mass is 35.5. The zero-order chi connectivity index (χ0) is 31.8. The van der Waals surface area contributed by atoms with Gasteiger partial charge in [-0.05, 0) is 48.2 Å². The molecule has 1 saturated heterocycles. The quantitative estimate of drug-likeness (QED) is 0.0856. The Kier molecular flexibility index (Phi) is 10.8. The number of nitrogens with two attached hydrogens (primary N) is 2. The summed E-state index contributed by atoms with van der Waals surface area (Å²) in [5.74, 6) is -0.961. The lowest BCUT2D eigenvalue weighted by atomic mass is 10.1. The number of nitrogens with zero attached hydrogens (tertiary/aromatic N) is 3.